The van der Waals surface area contributed by atoms with E-state index in [9.17, 15) is 9.59 Å². The number of ether oxygens (including phenoxy) is 1. The Hall–Kier alpha value is -1.14. The van der Waals surface area contributed by atoms with Crippen LogP contribution in [0.1, 0.15) is 33.1 Å². The zero-order chi connectivity index (χ0) is 14.3. The molecule has 0 saturated carbocycles. The van der Waals surface area contributed by atoms with Gasteiger partial charge in [-0.25, -0.2) is 0 Å². The first kappa shape index (κ1) is 15.9. The lowest BCUT2D eigenvalue weighted by molar-refractivity contribution is -0.137. The molecule has 1 amide bonds. The van der Waals surface area contributed by atoms with Crippen molar-refractivity contribution in [3.8, 4) is 0 Å². The summed E-state index contributed by atoms with van der Waals surface area (Å²) >= 11 is 0. The number of aliphatic carboxylic acids is 1. The number of carboxylic acid groups (broad SMARTS) is 1. The van der Waals surface area contributed by atoms with E-state index in [4.69, 9.17) is 9.84 Å². The Morgan fingerprint density at radius 2 is 2.16 bits per heavy atom. The minimum atomic E-state index is -0.796. The van der Waals surface area contributed by atoms with E-state index in [1.165, 1.54) is 0 Å². The lowest BCUT2D eigenvalue weighted by Gasteiger charge is -2.20. The van der Waals surface area contributed by atoms with Crippen LogP contribution in [0, 0.1) is 5.92 Å². The van der Waals surface area contributed by atoms with E-state index in [1.807, 2.05) is 13.8 Å². The Labute approximate surface area is 113 Å². The molecule has 3 unspecified atom stereocenters. The van der Waals surface area contributed by atoms with Crippen LogP contribution in [0.2, 0.25) is 0 Å². The number of carbonyl (C=O) groups excluding carboxylic acids is 1. The summed E-state index contributed by atoms with van der Waals surface area (Å²) in [5.41, 5.74) is 0. The Morgan fingerprint density at radius 1 is 1.42 bits per heavy atom. The number of amides is 1. The van der Waals surface area contributed by atoms with E-state index in [-0.39, 0.29) is 30.3 Å². The third-order valence-electron chi connectivity index (χ3n) is 3.30. The second-order valence-corrected chi connectivity index (χ2v) is 5.00. The summed E-state index contributed by atoms with van der Waals surface area (Å²) in [6.45, 7) is 5.73. The van der Waals surface area contributed by atoms with Crippen LogP contribution in [0.15, 0.2) is 0 Å². The van der Waals surface area contributed by atoms with Gasteiger partial charge in [0.25, 0.3) is 0 Å². The van der Waals surface area contributed by atoms with Crippen LogP contribution in [0.25, 0.3) is 0 Å². The summed E-state index contributed by atoms with van der Waals surface area (Å²) in [5.74, 6) is -0.955. The molecule has 19 heavy (non-hydrogen) atoms. The number of likely N-dealkylation sites (N-methyl/N-ethyl adjacent to an activating group) is 1. The molecular weight excluding hydrogens is 248 g/mol. The van der Waals surface area contributed by atoms with E-state index < -0.39 is 5.97 Å². The number of carboxylic acids is 1. The molecule has 1 aliphatic rings. The number of rotatable bonds is 8. The van der Waals surface area contributed by atoms with Crippen LogP contribution in [0.5, 0.6) is 0 Å². The first-order valence-corrected chi connectivity index (χ1v) is 6.87. The average molecular weight is 272 g/mol. The predicted molar refractivity (Wildman–Crippen MR) is 70.9 cm³/mol. The monoisotopic (exact) mass is 272 g/mol. The molecule has 0 radical (unpaired) electrons. The van der Waals surface area contributed by atoms with Crippen LogP contribution in [0.3, 0.4) is 0 Å². The van der Waals surface area contributed by atoms with E-state index in [1.54, 1.807) is 0 Å². The summed E-state index contributed by atoms with van der Waals surface area (Å²) in [4.78, 5) is 22.5. The Kier molecular flexibility index (Phi) is 6.80. The molecule has 0 aromatic carbocycles. The van der Waals surface area contributed by atoms with Gasteiger partial charge in [-0.3, -0.25) is 9.59 Å². The zero-order valence-electron chi connectivity index (χ0n) is 11.6. The predicted octanol–water partition coefficient (Wildman–Crippen LogP) is 0.371. The smallest absolute Gasteiger partial charge is 0.303 e. The number of carbonyl (C=O) groups is 2. The molecule has 0 bridgehead atoms. The van der Waals surface area contributed by atoms with Gasteiger partial charge in [0.1, 0.15) is 0 Å². The van der Waals surface area contributed by atoms with Crippen molar-refractivity contribution in [3.05, 3.63) is 0 Å². The average Bonchev–Trinajstić information content (AvgIpc) is 2.77. The van der Waals surface area contributed by atoms with Crippen molar-refractivity contribution in [3.63, 3.8) is 0 Å². The van der Waals surface area contributed by atoms with Crippen LogP contribution in [-0.4, -0.2) is 48.8 Å². The molecule has 1 saturated heterocycles. The maximum atomic E-state index is 12.1. The highest BCUT2D eigenvalue weighted by Crippen LogP contribution is 2.14. The molecule has 0 spiro atoms. The Balaban J connectivity index is 2.30. The van der Waals surface area contributed by atoms with Gasteiger partial charge in [0.05, 0.1) is 19.1 Å². The second kappa shape index (κ2) is 8.12. The molecule has 0 aliphatic carbocycles. The zero-order valence-corrected chi connectivity index (χ0v) is 11.6. The van der Waals surface area contributed by atoms with E-state index in [0.717, 1.165) is 6.54 Å². The fourth-order valence-corrected chi connectivity index (χ4v) is 2.26. The van der Waals surface area contributed by atoms with Gasteiger partial charge in [-0.1, -0.05) is 6.92 Å². The van der Waals surface area contributed by atoms with E-state index in [0.29, 0.717) is 26.1 Å². The second-order valence-electron chi connectivity index (χ2n) is 5.00. The number of hydrogen-bond acceptors (Lipinski definition) is 4. The van der Waals surface area contributed by atoms with Crippen LogP contribution >= 0.6 is 0 Å². The van der Waals surface area contributed by atoms with Gasteiger partial charge in [-0.15, -0.1) is 0 Å². The highest BCUT2D eigenvalue weighted by molar-refractivity contribution is 5.80. The molecule has 0 aromatic heterocycles. The molecule has 3 atom stereocenters. The number of hydrogen-bond donors (Lipinski definition) is 3. The summed E-state index contributed by atoms with van der Waals surface area (Å²) < 4.78 is 5.34. The first-order chi connectivity index (χ1) is 9.04. The molecule has 0 aromatic rings. The normalized spacial score (nSPS) is 24.1. The third kappa shape index (κ3) is 5.57. The molecular formula is C13H24N2O4. The van der Waals surface area contributed by atoms with Gasteiger partial charge in [-0.05, 0) is 26.3 Å². The minimum absolute atomic E-state index is 0.00488. The standard InChI is InChI=1S/C13H24N2O4/c1-3-14-11-8-19-7-10(11)13(18)15-9(2)5-4-6-12(16)17/h9-11,14H,3-8H2,1-2H3,(H,15,18)(H,16,17). The van der Waals surface area contributed by atoms with Crippen molar-refractivity contribution in [2.24, 2.45) is 5.92 Å². The highest BCUT2D eigenvalue weighted by atomic mass is 16.5. The van der Waals surface area contributed by atoms with Gasteiger partial charge in [0.15, 0.2) is 0 Å². The Bertz CT molecular complexity index is 309. The minimum Gasteiger partial charge on any atom is -0.481 e. The quantitative estimate of drug-likeness (QED) is 0.594. The molecule has 3 N–H and O–H groups in total. The molecule has 110 valence electrons. The highest BCUT2D eigenvalue weighted by Gasteiger charge is 2.33. The number of nitrogens with one attached hydrogen (secondary N) is 2. The van der Waals surface area contributed by atoms with E-state index in [2.05, 4.69) is 10.6 Å². The summed E-state index contributed by atoms with van der Waals surface area (Å²) in [5, 5.41) is 14.7. The van der Waals surface area contributed by atoms with Crippen LogP contribution < -0.4 is 10.6 Å². The largest absolute Gasteiger partial charge is 0.481 e. The van der Waals surface area contributed by atoms with Crippen molar-refractivity contribution >= 4 is 11.9 Å². The van der Waals surface area contributed by atoms with Crippen molar-refractivity contribution < 1.29 is 19.4 Å². The topological polar surface area (TPSA) is 87.7 Å². The van der Waals surface area contributed by atoms with Crippen molar-refractivity contribution in [1.82, 2.24) is 10.6 Å². The molecule has 6 nitrogen and oxygen atoms in total. The summed E-state index contributed by atoms with van der Waals surface area (Å²) in [6.07, 6.45) is 1.40. The molecule has 1 fully saturated rings. The van der Waals surface area contributed by atoms with Gasteiger partial charge in [0.2, 0.25) is 5.91 Å². The molecule has 1 heterocycles. The Morgan fingerprint density at radius 3 is 2.79 bits per heavy atom. The lowest BCUT2D eigenvalue weighted by Crippen LogP contribution is -2.46. The maximum absolute atomic E-state index is 12.1. The van der Waals surface area contributed by atoms with E-state index >= 15 is 0 Å². The fourth-order valence-electron chi connectivity index (χ4n) is 2.26. The van der Waals surface area contributed by atoms with Crippen molar-refractivity contribution in [2.75, 3.05) is 19.8 Å². The molecule has 1 rings (SSSR count). The maximum Gasteiger partial charge on any atom is 0.303 e. The lowest BCUT2D eigenvalue weighted by atomic mass is 10.0. The fraction of sp³-hybridized carbons (Fsp3) is 0.846. The third-order valence-corrected chi connectivity index (χ3v) is 3.30. The van der Waals surface area contributed by atoms with Gasteiger partial charge in [-0.2, -0.15) is 0 Å². The molecule has 1 aliphatic heterocycles. The van der Waals surface area contributed by atoms with Gasteiger partial charge in [0, 0.05) is 18.5 Å². The van der Waals surface area contributed by atoms with Gasteiger partial charge >= 0.3 is 5.97 Å². The van der Waals surface area contributed by atoms with Crippen LogP contribution in [0.4, 0.5) is 0 Å². The first-order valence-electron chi connectivity index (χ1n) is 6.87. The SMILES string of the molecule is CCNC1COCC1C(=O)NC(C)CCCC(=O)O. The van der Waals surface area contributed by atoms with Crippen molar-refractivity contribution in [1.29, 1.82) is 0 Å². The summed E-state index contributed by atoms with van der Waals surface area (Å²) in [7, 11) is 0. The van der Waals surface area contributed by atoms with Crippen LogP contribution in [-0.2, 0) is 14.3 Å². The van der Waals surface area contributed by atoms with Gasteiger partial charge < -0.3 is 20.5 Å². The molecule has 6 heteroatoms. The van der Waals surface area contributed by atoms with Crippen molar-refractivity contribution in [2.45, 2.75) is 45.2 Å². The summed E-state index contributed by atoms with van der Waals surface area (Å²) in [6, 6.07) is 0.0750.